The van der Waals surface area contributed by atoms with Gasteiger partial charge in [0, 0.05) is 0 Å². The Morgan fingerprint density at radius 3 is 1.37 bits per heavy atom. The van der Waals surface area contributed by atoms with Crippen LogP contribution in [0.25, 0.3) is 0 Å². The quantitative estimate of drug-likeness (QED) is 0.0966. The van der Waals surface area contributed by atoms with Gasteiger partial charge < -0.3 is 5.11 Å². The van der Waals surface area contributed by atoms with Crippen LogP contribution in [0, 0.1) is 0 Å². The van der Waals surface area contributed by atoms with Gasteiger partial charge in [0.05, 0.1) is 16.9 Å². The molecular weight excluding hydrogens is 504 g/mol. The normalized spacial score (nSPS) is 11.5. The van der Waals surface area contributed by atoms with Crippen molar-refractivity contribution in [1.29, 1.82) is 0 Å². The Kier molecular flexibility index (Phi) is 19.6. The number of carbonyl (C=O) groups is 1. The highest BCUT2D eigenvalue weighted by Crippen LogP contribution is 2.25. The number of carboxylic acid groups (broad SMARTS) is 1. The minimum atomic E-state index is -0.928. The second kappa shape index (κ2) is 23.1. The predicted octanol–water partition coefficient (Wildman–Crippen LogP) is 12.7. The van der Waals surface area contributed by atoms with Crippen LogP contribution < -0.4 is 0 Å². The number of unbranched alkanes of at least 4 members (excludes halogenated alkanes) is 18. The Labute approximate surface area is 251 Å². The Balaban J connectivity index is 1.84. The van der Waals surface area contributed by atoms with Gasteiger partial charge in [-0.25, -0.2) is 4.79 Å². The summed E-state index contributed by atoms with van der Waals surface area (Å²) in [7, 11) is 0. The molecule has 0 heterocycles. The van der Waals surface area contributed by atoms with E-state index in [-0.39, 0.29) is 5.56 Å². The van der Waals surface area contributed by atoms with Crippen LogP contribution >= 0.6 is 0 Å². The number of benzene rings is 2. The number of carboxylic acids is 1. The van der Waals surface area contributed by atoms with Crippen LogP contribution in [0.5, 0.6) is 0 Å². The first-order valence-corrected chi connectivity index (χ1v) is 17.0. The van der Waals surface area contributed by atoms with Crippen molar-refractivity contribution in [3.05, 3.63) is 59.2 Å². The monoisotopic (exact) mass is 562 g/mol. The first-order valence-electron chi connectivity index (χ1n) is 17.0. The lowest BCUT2D eigenvalue weighted by Crippen LogP contribution is -1.96. The number of rotatable bonds is 25. The molecule has 41 heavy (non-hydrogen) atoms. The van der Waals surface area contributed by atoms with Gasteiger partial charge >= 0.3 is 5.97 Å². The average molecular weight is 563 g/mol. The summed E-state index contributed by atoms with van der Waals surface area (Å²) in [6.45, 7) is 4.56. The number of hydrogen-bond acceptors (Lipinski definition) is 3. The lowest BCUT2D eigenvalue weighted by molar-refractivity contribution is 0.0697. The maximum Gasteiger partial charge on any atom is 0.335 e. The lowest BCUT2D eigenvalue weighted by Gasteiger charge is -2.11. The topological polar surface area (TPSA) is 62.0 Å². The van der Waals surface area contributed by atoms with Gasteiger partial charge in [-0.15, -0.1) is 0 Å². The molecule has 1 N–H and O–H groups in total. The Morgan fingerprint density at radius 2 is 0.902 bits per heavy atom. The van der Waals surface area contributed by atoms with Gasteiger partial charge in [-0.3, -0.25) is 0 Å². The third-order valence-corrected chi connectivity index (χ3v) is 8.18. The first-order chi connectivity index (χ1) is 20.1. The summed E-state index contributed by atoms with van der Waals surface area (Å²) in [6, 6.07) is 13.1. The van der Waals surface area contributed by atoms with Crippen molar-refractivity contribution < 1.29 is 9.90 Å². The van der Waals surface area contributed by atoms with E-state index >= 15 is 0 Å². The fourth-order valence-electron chi connectivity index (χ4n) is 5.54. The maximum absolute atomic E-state index is 11.1. The molecule has 2 aromatic rings. The zero-order valence-corrected chi connectivity index (χ0v) is 26.3. The van der Waals surface area contributed by atoms with E-state index in [0.29, 0.717) is 5.69 Å². The molecule has 2 aromatic carbocycles. The van der Waals surface area contributed by atoms with E-state index in [0.717, 1.165) is 18.5 Å². The van der Waals surface area contributed by atoms with E-state index in [4.69, 9.17) is 5.11 Å². The number of aryl methyl sites for hydroxylation is 2. The van der Waals surface area contributed by atoms with Crippen molar-refractivity contribution >= 4 is 17.3 Å². The summed E-state index contributed by atoms with van der Waals surface area (Å²) >= 11 is 0. The number of hydrogen-bond donors (Lipinski definition) is 1. The van der Waals surface area contributed by atoms with Crippen molar-refractivity contribution in [1.82, 2.24) is 0 Å². The molecule has 0 unspecified atom stereocenters. The summed E-state index contributed by atoms with van der Waals surface area (Å²) in [4.78, 5) is 11.1. The van der Waals surface area contributed by atoms with Crippen molar-refractivity contribution in [2.45, 2.75) is 155 Å². The number of aromatic carboxylic acids is 1. The molecule has 0 fully saturated rings. The standard InChI is InChI=1S/C37H58N2O2/c1-3-5-7-9-11-13-15-17-19-21-23-32-25-30-36(39-38-35-28-26-33(27-29-35)37(40)41)31-34(32)24-22-20-18-16-14-12-10-8-6-4-2/h25-31H,3-24H2,1-2H3,(H,40,41). The first kappa shape index (κ1) is 34.7. The van der Waals surface area contributed by atoms with Crippen LogP contribution in [-0.4, -0.2) is 11.1 Å². The Hall–Kier alpha value is -2.49. The van der Waals surface area contributed by atoms with Crippen LogP contribution in [0.4, 0.5) is 11.4 Å². The molecule has 0 saturated carbocycles. The molecule has 0 saturated heterocycles. The third kappa shape index (κ3) is 16.5. The summed E-state index contributed by atoms with van der Waals surface area (Å²) < 4.78 is 0. The largest absolute Gasteiger partial charge is 0.478 e. The number of azo groups is 1. The van der Waals surface area contributed by atoms with Crippen LogP contribution in [0.2, 0.25) is 0 Å². The molecule has 2 rings (SSSR count). The second-order valence-corrected chi connectivity index (χ2v) is 11.9. The third-order valence-electron chi connectivity index (χ3n) is 8.18. The van der Waals surface area contributed by atoms with Gasteiger partial charge in [-0.05, 0) is 73.2 Å². The van der Waals surface area contributed by atoms with Crippen molar-refractivity contribution in [2.24, 2.45) is 10.2 Å². The maximum atomic E-state index is 11.1. The van der Waals surface area contributed by atoms with Crippen LogP contribution in [0.1, 0.15) is 164 Å². The number of nitrogens with zero attached hydrogens (tertiary/aromatic N) is 2. The second-order valence-electron chi connectivity index (χ2n) is 11.9. The van der Waals surface area contributed by atoms with E-state index in [1.165, 1.54) is 140 Å². The van der Waals surface area contributed by atoms with Crippen molar-refractivity contribution in [3.63, 3.8) is 0 Å². The van der Waals surface area contributed by atoms with Crippen molar-refractivity contribution in [2.75, 3.05) is 0 Å². The molecule has 0 spiro atoms. The van der Waals surface area contributed by atoms with Gasteiger partial charge in [-0.1, -0.05) is 135 Å². The molecule has 0 aliphatic rings. The minimum absolute atomic E-state index is 0.263. The van der Waals surface area contributed by atoms with Gasteiger partial charge in [0.25, 0.3) is 0 Å². The van der Waals surface area contributed by atoms with Crippen molar-refractivity contribution in [3.8, 4) is 0 Å². The molecule has 0 radical (unpaired) electrons. The smallest absolute Gasteiger partial charge is 0.335 e. The van der Waals surface area contributed by atoms with E-state index in [1.807, 2.05) is 0 Å². The van der Waals surface area contributed by atoms with E-state index < -0.39 is 5.97 Å². The van der Waals surface area contributed by atoms with E-state index in [1.54, 1.807) is 24.3 Å². The molecule has 0 aliphatic carbocycles. The van der Waals surface area contributed by atoms with Crippen LogP contribution in [0.3, 0.4) is 0 Å². The highest BCUT2D eigenvalue weighted by atomic mass is 16.4. The molecule has 0 amide bonds. The summed E-state index contributed by atoms with van der Waals surface area (Å²) in [5, 5.41) is 18.0. The van der Waals surface area contributed by atoms with Gasteiger partial charge in [0.15, 0.2) is 0 Å². The molecule has 0 bridgehead atoms. The average Bonchev–Trinajstić information content (AvgIpc) is 2.99. The Morgan fingerprint density at radius 1 is 0.512 bits per heavy atom. The van der Waals surface area contributed by atoms with E-state index in [9.17, 15) is 4.79 Å². The van der Waals surface area contributed by atoms with Gasteiger partial charge in [-0.2, -0.15) is 10.2 Å². The lowest BCUT2D eigenvalue weighted by atomic mass is 9.95. The highest BCUT2D eigenvalue weighted by molar-refractivity contribution is 5.87. The van der Waals surface area contributed by atoms with Gasteiger partial charge in [0.1, 0.15) is 0 Å². The fourth-order valence-corrected chi connectivity index (χ4v) is 5.54. The zero-order valence-electron chi connectivity index (χ0n) is 26.3. The van der Waals surface area contributed by atoms with Gasteiger partial charge in [0.2, 0.25) is 0 Å². The van der Waals surface area contributed by atoms with Crippen LogP contribution in [0.15, 0.2) is 52.7 Å². The highest BCUT2D eigenvalue weighted by Gasteiger charge is 2.06. The van der Waals surface area contributed by atoms with Crippen LogP contribution in [-0.2, 0) is 12.8 Å². The predicted molar refractivity (Wildman–Crippen MR) is 175 cm³/mol. The zero-order chi connectivity index (χ0) is 29.4. The molecule has 4 nitrogen and oxygen atoms in total. The fraction of sp³-hybridized carbons (Fsp3) is 0.649. The summed E-state index contributed by atoms with van der Waals surface area (Å²) in [5.41, 5.74) is 4.71. The molecule has 0 atom stereocenters. The SMILES string of the molecule is CCCCCCCCCCCCc1ccc(N=Nc2ccc(C(=O)O)cc2)cc1CCCCCCCCCCCC. The molecule has 0 aromatic heterocycles. The summed E-state index contributed by atoms with van der Waals surface area (Å²) in [5.74, 6) is -0.928. The molecule has 0 aliphatic heterocycles. The Bertz CT molecular complexity index is 967. The summed E-state index contributed by atoms with van der Waals surface area (Å²) in [6.07, 6.45) is 29.5. The minimum Gasteiger partial charge on any atom is -0.478 e. The molecular formula is C37H58N2O2. The molecule has 4 heteroatoms. The van der Waals surface area contributed by atoms with E-state index in [2.05, 4.69) is 42.3 Å². The molecule has 228 valence electrons.